The van der Waals surface area contributed by atoms with Crippen molar-refractivity contribution in [3.8, 4) is 0 Å². The van der Waals surface area contributed by atoms with E-state index in [2.05, 4.69) is 17.2 Å². The number of nitrogens with one attached hydrogen (secondary N) is 1. The maximum atomic E-state index is 11.8. The number of carbonyl (C=O) groups is 1. The van der Waals surface area contributed by atoms with Crippen LogP contribution in [0.1, 0.15) is 17.4 Å². The molecule has 0 aliphatic heterocycles. The number of anilines is 1. The monoisotopic (exact) mass is 258 g/mol. The van der Waals surface area contributed by atoms with Crippen LogP contribution in [0.3, 0.4) is 0 Å². The molecule has 0 bridgehead atoms. The van der Waals surface area contributed by atoms with Crippen molar-refractivity contribution in [2.45, 2.75) is 11.8 Å². The molecule has 3 nitrogen and oxygen atoms in total. The molecule has 1 N–H and O–H groups in total. The smallest absolute Gasteiger partial charge is 0.274 e. The second-order valence-corrected chi connectivity index (χ2v) is 4.96. The summed E-state index contributed by atoms with van der Waals surface area (Å²) < 4.78 is 0. The molecule has 0 saturated heterocycles. The lowest BCUT2D eigenvalue weighted by Crippen LogP contribution is -2.13. The Kier molecular flexibility index (Phi) is 4.36. The molecule has 1 aromatic heterocycles. The number of aromatic nitrogens is 1. The predicted octanol–water partition coefficient (Wildman–Crippen LogP) is 3.45. The van der Waals surface area contributed by atoms with Crippen molar-refractivity contribution < 1.29 is 4.79 Å². The molecule has 0 aliphatic rings. The number of carbonyl (C=O) groups excluding carboxylic acids is 1. The minimum Gasteiger partial charge on any atom is -0.321 e. The van der Waals surface area contributed by atoms with Crippen LogP contribution in [0.25, 0.3) is 0 Å². The third-order valence-corrected chi connectivity index (χ3v) is 3.21. The van der Waals surface area contributed by atoms with E-state index in [-0.39, 0.29) is 5.91 Å². The normalized spacial score (nSPS) is 10.1. The Labute approximate surface area is 111 Å². The van der Waals surface area contributed by atoms with E-state index in [0.717, 1.165) is 11.4 Å². The molecule has 0 radical (unpaired) electrons. The fraction of sp³-hybridized carbons (Fsp3) is 0.143. The van der Waals surface area contributed by atoms with Crippen molar-refractivity contribution in [1.82, 2.24) is 4.98 Å². The third-order valence-electron chi connectivity index (χ3n) is 2.32. The van der Waals surface area contributed by atoms with Crippen molar-refractivity contribution in [2.24, 2.45) is 0 Å². The molecule has 2 aromatic rings. The Morgan fingerprint density at radius 2 is 2.00 bits per heavy atom. The van der Waals surface area contributed by atoms with Crippen LogP contribution >= 0.6 is 11.8 Å². The van der Waals surface area contributed by atoms with Gasteiger partial charge in [-0.25, -0.2) is 0 Å². The third kappa shape index (κ3) is 3.34. The second-order valence-electron chi connectivity index (χ2n) is 3.63. The van der Waals surface area contributed by atoms with Crippen LogP contribution in [0.4, 0.5) is 5.69 Å². The highest BCUT2D eigenvalue weighted by Crippen LogP contribution is 2.19. The van der Waals surface area contributed by atoms with Gasteiger partial charge in [-0.05, 0) is 42.2 Å². The van der Waals surface area contributed by atoms with Gasteiger partial charge in [-0.3, -0.25) is 9.78 Å². The summed E-state index contributed by atoms with van der Waals surface area (Å²) in [4.78, 5) is 17.1. The molecule has 1 amide bonds. The van der Waals surface area contributed by atoms with Gasteiger partial charge >= 0.3 is 0 Å². The zero-order chi connectivity index (χ0) is 12.8. The molecular formula is C14H14N2OS. The van der Waals surface area contributed by atoms with Crippen LogP contribution in [0.2, 0.25) is 0 Å². The number of nitrogens with zero attached hydrogens (tertiary/aromatic N) is 1. The highest BCUT2D eigenvalue weighted by atomic mass is 32.2. The predicted molar refractivity (Wildman–Crippen MR) is 75.0 cm³/mol. The molecule has 2 rings (SSSR count). The first kappa shape index (κ1) is 12.6. The first-order chi connectivity index (χ1) is 8.79. The Balaban J connectivity index is 2.03. The fourth-order valence-corrected chi connectivity index (χ4v) is 2.16. The van der Waals surface area contributed by atoms with Gasteiger partial charge in [0.05, 0.1) is 0 Å². The molecule has 0 spiro atoms. The van der Waals surface area contributed by atoms with Gasteiger partial charge in [0.15, 0.2) is 0 Å². The maximum absolute atomic E-state index is 11.8. The Morgan fingerprint density at radius 1 is 1.22 bits per heavy atom. The number of pyridine rings is 1. The summed E-state index contributed by atoms with van der Waals surface area (Å²) in [5.41, 5.74) is 1.20. The molecule has 4 heteroatoms. The molecule has 0 aliphatic carbocycles. The zero-order valence-corrected chi connectivity index (χ0v) is 10.9. The molecule has 1 aromatic carbocycles. The van der Waals surface area contributed by atoms with Gasteiger partial charge in [0.1, 0.15) is 5.69 Å². The molecule has 92 valence electrons. The molecular weight excluding hydrogens is 244 g/mol. The van der Waals surface area contributed by atoms with Crippen LogP contribution < -0.4 is 5.32 Å². The Hall–Kier alpha value is -1.81. The average molecular weight is 258 g/mol. The van der Waals surface area contributed by atoms with Gasteiger partial charge < -0.3 is 5.32 Å². The highest BCUT2D eigenvalue weighted by molar-refractivity contribution is 7.99. The van der Waals surface area contributed by atoms with Crippen LogP contribution in [-0.4, -0.2) is 16.6 Å². The number of benzene rings is 1. The lowest BCUT2D eigenvalue weighted by Gasteiger charge is -2.05. The van der Waals surface area contributed by atoms with E-state index >= 15 is 0 Å². The Morgan fingerprint density at radius 3 is 2.61 bits per heavy atom. The SMILES string of the molecule is CCSc1ccc(NC(=O)c2ccccn2)cc1. The van der Waals surface area contributed by atoms with E-state index in [9.17, 15) is 4.79 Å². The van der Waals surface area contributed by atoms with Crippen LogP contribution in [0, 0.1) is 0 Å². The minimum absolute atomic E-state index is 0.188. The lowest BCUT2D eigenvalue weighted by atomic mass is 10.3. The molecule has 18 heavy (non-hydrogen) atoms. The number of amides is 1. The second kappa shape index (κ2) is 6.21. The number of thioether (sulfide) groups is 1. The molecule has 1 heterocycles. The molecule has 0 atom stereocenters. The summed E-state index contributed by atoms with van der Waals surface area (Å²) in [5, 5.41) is 2.82. The van der Waals surface area contributed by atoms with Gasteiger partial charge in [0.25, 0.3) is 5.91 Å². The van der Waals surface area contributed by atoms with Crippen LogP contribution in [0.5, 0.6) is 0 Å². The van der Waals surface area contributed by atoms with E-state index in [1.165, 1.54) is 4.90 Å². The number of hydrogen-bond acceptors (Lipinski definition) is 3. The van der Waals surface area contributed by atoms with E-state index < -0.39 is 0 Å². The number of rotatable bonds is 4. The summed E-state index contributed by atoms with van der Waals surface area (Å²) in [6.07, 6.45) is 1.61. The van der Waals surface area contributed by atoms with Crippen molar-refractivity contribution in [1.29, 1.82) is 0 Å². The first-order valence-corrected chi connectivity index (χ1v) is 6.73. The first-order valence-electron chi connectivity index (χ1n) is 5.75. The van der Waals surface area contributed by atoms with E-state index in [0.29, 0.717) is 5.69 Å². The zero-order valence-electron chi connectivity index (χ0n) is 10.1. The molecule has 0 unspecified atom stereocenters. The van der Waals surface area contributed by atoms with Gasteiger partial charge in [0, 0.05) is 16.8 Å². The summed E-state index contributed by atoms with van der Waals surface area (Å²) in [7, 11) is 0. The highest BCUT2D eigenvalue weighted by Gasteiger charge is 2.06. The van der Waals surface area contributed by atoms with Crippen molar-refractivity contribution in [3.05, 3.63) is 54.4 Å². The minimum atomic E-state index is -0.188. The standard InChI is InChI=1S/C14H14N2OS/c1-2-18-12-8-6-11(7-9-12)16-14(17)13-5-3-4-10-15-13/h3-10H,2H2,1H3,(H,16,17). The van der Waals surface area contributed by atoms with E-state index in [1.807, 2.05) is 24.3 Å². The van der Waals surface area contributed by atoms with Crippen molar-refractivity contribution in [2.75, 3.05) is 11.1 Å². The van der Waals surface area contributed by atoms with Gasteiger partial charge in [-0.2, -0.15) is 0 Å². The fourth-order valence-electron chi connectivity index (χ4n) is 1.49. The van der Waals surface area contributed by atoms with Gasteiger partial charge in [-0.15, -0.1) is 11.8 Å². The number of hydrogen-bond donors (Lipinski definition) is 1. The van der Waals surface area contributed by atoms with Crippen molar-refractivity contribution in [3.63, 3.8) is 0 Å². The average Bonchev–Trinajstić information content (AvgIpc) is 2.42. The summed E-state index contributed by atoms with van der Waals surface area (Å²) in [6.45, 7) is 2.11. The van der Waals surface area contributed by atoms with Crippen LogP contribution in [0.15, 0.2) is 53.6 Å². The molecule has 0 fully saturated rings. The lowest BCUT2D eigenvalue weighted by molar-refractivity contribution is 0.102. The quantitative estimate of drug-likeness (QED) is 0.854. The van der Waals surface area contributed by atoms with Gasteiger partial charge in [-0.1, -0.05) is 13.0 Å². The maximum Gasteiger partial charge on any atom is 0.274 e. The summed E-state index contributed by atoms with van der Waals surface area (Å²) in [5.74, 6) is 0.853. The van der Waals surface area contributed by atoms with Crippen molar-refractivity contribution >= 4 is 23.4 Å². The topological polar surface area (TPSA) is 42.0 Å². The van der Waals surface area contributed by atoms with E-state index in [1.54, 1.807) is 36.2 Å². The largest absolute Gasteiger partial charge is 0.321 e. The summed E-state index contributed by atoms with van der Waals surface area (Å²) >= 11 is 1.77. The van der Waals surface area contributed by atoms with Gasteiger partial charge in [0.2, 0.25) is 0 Å². The van der Waals surface area contributed by atoms with Crippen LogP contribution in [-0.2, 0) is 0 Å². The van der Waals surface area contributed by atoms with E-state index in [4.69, 9.17) is 0 Å². The molecule has 0 saturated carbocycles. The summed E-state index contributed by atoms with van der Waals surface area (Å²) in [6, 6.07) is 13.1. The Bertz CT molecular complexity index is 511.